The fourth-order valence-electron chi connectivity index (χ4n) is 3.54. The van der Waals surface area contributed by atoms with Crippen molar-refractivity contribution < 1.29 is 14.6 Å². The molecular formula is C26H17N3O5. The van der Waals surface area contributed by atoms with Crippen LogP contribution in [-0.4, -0.2) is 9.85 Å². The predicted molar refractivity (Wildman–Crippen MR) is 128 cm³/mol. The molecule has 0 aromatic heterocycles. The van der Waals surface area contributed by atoms with E-state index in [4.69, 9.17) is 4.74 Å². The van der Waals surface area contributed by atoms with Crippen LogP contribution in [-0.2, 0) is 6.61 Å². The van der Waals surface area contributed by atoms with Gasteiger partial charge in [-0.3, -0.25) is 20.2 Å². The van der Waals surface area contributed by atoms with Crippen LogP contribution in [0.3, 0.4) is 0 Å². The Bertz CT molecular complexity index is 1470. The number of fused-ring (bicyclic) bond motifs is 1. The molecule has 0 spiro atoms. The third kappa shape index (κ3) is 4.74. The van der Waals surface area contributed by atoms with Gasteiger partial charge in [-0.05, 0) is 46.2 Å². The van der Waals surface area contributed by atoms with Gasteiger partial charge in [-0.15, -0.1) is 0 Å². The zero-order chi connectivity index (χ0) is 24.1. The highest BCUT2D eigenvalue weighted by Gasteiger charge is 2.13. The molecule has 4 rings (SSSR count). The number of hydrogen-bond acceptors (Lipinski definition) is 6. The molecule has 8 nitrogen and oxygen atoms in total. The number of non-ortho nitro benzene ring substituents is 2. The molecule has 0 atom stereocenters. The van der Waals surface area contributed by atoms with Gasteiger partial charge in [0.1, 0.15) is 12.4 Å². The molecule has 0 unspecified atom stereocenters. The van der Waals surface area contributed by atoms with Crippen molar-refractivity contribution in [3.63, 3.8) is 0 Å². The van der Waals surface area contributed by atoms with Crippen molar-refractivity contribution in [2.75, 3.05) is 0 Å². The Morgan fingerprint density at radius 3 is 2.32 bits per heavy atom. The third-order valence-corrected chi connectivity index (χ3v) is 5.25. The van der Waals surface area contributed by atoms with Crippen molar-refractivity contribution in [1.82, 2.24) is 0 Å². The van der Waals surface area contributed by atoms with Gasteiger partial charge in [-0.2, -0.15) is 5.26 Å². The maximum absolute atomic E-state index is 11.2. The number of ether oxygens (including phenoxy) is 1. The third-order valence-electron chi connectivity index (χ3n) is 5.25. The molecule has 0 saturated carbocycles. The Labute approximate surface area is 194 Å². The van der Waals surface area contributed by atoms with Crippen molar-refractivity contribution in [2.45, 2.75) is 6.61 Å². The molecular weight excluding hydrogens is 434 g/mol. The number of nitrogens with zero attached hydrogens (tertiary/aromatic N) is 3. The molecule has 0 aliphatic rings. The molecule has 0 aliphatic carbocycles. The maximum Gasteiger partial charge on any atom is 0.270 e. The summed E-state index contributed by atoms with van der Waals surface area (Å²) in [5, 5.41) is 33.7. The van der Waals surface area contributed by atoms with E-state index in [1.807, 2.05) is 30.3 Å². The minimum atomic E-state index is -0.505. The van der Waals surface area contributed by atoms with Gasteiger partial charge in [0, 0.05) is 29.8 Å². The lowest BCUT2D eigenvalue weighted by atomic mass is 9.98. The first-order chi connectivity index (χ1) is 16.5. The lowest BCUT2D eigenvalue weighted by molar-refractivity contribution is -0.385. The van der Waals surface area contributed by atoms with Crippen molar-refractivity contribution in [1.29, 1.82) is 5.26 Å². The van der Waals surface area contributed by atoms with Crippen LogP contribution in [0.2, 0.25) is 0 Å². The average molecular weight is 451 g/mol. The summed E-state index contributed by atoms with van der Waals surface area (Å²) in [6.45, 7) is 0.163. The van der Waals surface area contributed by atoms with Crippen LogP contribution in [0.4, 0.5) is 11.4 Å². The van der Waals surface area contributed by atoms with E-state index in [0.29, 0.717) is 16.9 Å². The highest BCUT2D eigenvalue weighted by molar-refractivity contribution is 6.00. The minimum absolute atomic E-state index is 0.00584. The summed E-state index contributed by atoms with van der Waals surface area (Å²) in [5.74, 6) is 0.509. The van der Waals surface area contributed by atoms with Crippen LogP contribution >= 0.6 is 0 Å². The van der Waals surface area contributed by atoms with Crippen LogP contribution in [0.25, 0.3) is 22.4 Å². The summed E-state index contributed by atoms with van der Waals surface area (Å²) in [7, 11) is 0. The zero-order valence-corrected chi connectivity index (χ0v) is 17.8. The van der Waals surface area contributed by atoms with E-state index in [0.717, 1.165) is 16.3 Å². The lowest BCUT2D eigenvalue weighted by Gasteiger charge is -2.13. The minimum Gasteiger partial charge on any atom is -0.488 e. The monoisotopic (exact) mass is 451 g/mol. The predicted octanol–water partition coefficient (Wildman–Crippen LogP) is 6.30. The normalized spacial score (nSPS) is 11.1. The van der Waals surface area contributed by atoms with Crippen LogP contribution < -0.4 is 4.74 Å². The van der Waals surface area contributed by atoms with Gasteiger partial charge in [0.2, 0.25) is 0 Å². The quantitative estimate of drug-likeness (QED) is 0.141. The summed E-state index contributed by atoms with van der Waals surface area (Å²) in [4.78, 5) is 21.1. The molecule has 8 heteroatoms. The first kappa shape index (κ1) is 22.2. The number of nitriles is 1. The number of nitro benzene ring substituents is 2. The number of benzene rings is 4. The van der Waals surface area contributed by atoms with Gasteiger partial charge in [0.25, 0.3) is 11.4 Å². The summed E-state index contributed by atoms with van der Waals surface area (Å²) >= 11 is 0. The molecule has 166 valence electrons. The van der Waals surface area contributed by atoms with E-state index in [1.54, 1.807) is 30.3 Å². The molecule has 0 aliphatic heterocycles. The summed E-state index contributed by atoms with van der Waals surface area (Å²) in [5.41, 5.74) is 1.96. The van der Waals surface area contributed by atoms with Crippen LogP contribution in [0.15, 0.2) is 84.9 Å². The Balaban J connectivity index is 1.75. The van der Waals surface area contributed by atoms with Crippen LogP contribution in [0.1, 0.15) is 16.7 Å². The second kappa shape index (κ2) is 9.63. The Kier molecular flexibility index (Phi) is 6.28. The summed E-state index contributed by atoms with van der Waals surface area (Å²) < 4.78 is 6.04. The molecule has 0 N–H and O–H groups in total. The van der Waals surface area contributed by atoms with E-state index in [9.17, 15) is 25.5 Å². The highest BCUT2D eigenvalue weighted by Crippen LogP contribution is 2.33. The molecule has 34 heavy (non-hydrogen) atoms. The van der Waals surface area contributed by atoms with Crippen LogP contribution in [0, 0.1) is 31.6 Å². The molecule has 4 aromatic carbocycles. The molecule has 0 fully saturated rings. The van der Waals surface area contributed by atoms with Gasteiger partial charge in [0.15, 0.2) is 0 Å². The molecule has 0 radical (unpaired) electrons. The van der Waals surface area contributed by atoms with Gasteiger partial charge in [0.05, 0.1) is 21.5 Å². The lowest BCUT2D eigenvalue weighted by Crippen LogP contribution is -1.98. The fourth-order valence-corrected chi connectivity index (χ4v) is 3.54. The number of allylic oxidation sites excluding steroid dienone is 1. The molecule has 0 amide bonds. The highest BCUT2D eigenvalue weighted by atomic mass is 16.6. The van der Waals surface area contributed by atoms with Crippen molar-refractivity contribution in [3.8, 4) is 11.8 Å². The first-order valence-corrected chi connectivity index (χ1v) is 10.2. The summed E-state index contributed by atoms with van der Waals surface area (Å²) in [6, 6.07) is 25.4. The van der Waals surface area contributed by atoms with E-state index in [-0.39, 0.29) is 23.6 Å². The van der Waals surface area contributed by atoms with Gasteiger partial charge in [-0.1, -0.05) is 42.5 Å². The first-order valence-electron chi connectivity index (χ1n) is 10.2. The largest absolute Gasteiger partial charge is 0.488 e. The van der Waals surface area contributed by atoms with Crippen molar-refractivity contribution in [2.24, 2.45) is 0 Å². The summed E-state index contributed by atoms with van der Waals surface area (Å²) in [6.07, 6.45) is 1.66. The van der Waals surface area contributed by atoms with Gasteiger partial charge >= 0.3 is 0 Å². The molecule has 0 bridgehead atoms. The van der Waals surface area contributed by atoms with Crippen molar-refractivity contribution in [3.05, 3.63) is 122 Å². The van der Waals surface area contributed by atoms with Gasteiger partial charge in [-0.25, -0.2) is 0 Å². The van der Waals surface area contributed by atoms with Gasteiger partial charge < -0.3 is 4.74 Å². The number of nitro groups is 2. The van der Waals surface area contributed by atoms with E-state index in [1.165, 1.54) is 30.3 Å². The van der Waals surface area contributed by atoms with E-state index >= 15 is 0 Å². The Hall–Kier alpha value is -5.03. The number of rotatable bonds is 7. The average Bonchev–Trinajstić information content (AvgIpc) is 2.86. The van der Waals surface area contributed by atoms with Crippen LogP contribution in [0.5, 0.6) is 5.75 Å². The Morgan fingerprint density at radius 1 is 0.882 bits per heavy atom. The second-order valence-corrected chi connectivity index (χ2v) is 7.39. The smallest absolute Gasteiger partial charge is 0.270 e. The van der Waals surface area contributed by atoms with Crippen molar-refractivity contribution >= 4 is 33.8 Å². The fraction of sp³-hybridized carbons (Fsp3) is 0.0385. The SMILES string of the molecule is N#C/C(=C/c1c(OCc2ccc([N+](=O)[O-])cc2)ccc2ccccc12)c1cccc([N+](=O)[O-])c1. The molecule has 0 saturated heterocycles. The Morgan fingerprint density at radius 2 is 1.62 bits per heavy atom. The van der Waals surface area contributed by atoms with E-state index < -0.39 is 9.85 Å². The number of hydrogen-bond donors (Lipinski definition) is 0. The second-order valence-electron chi connectivity index (χ2n) is 7.39. The topological polar surface area (TPSA) is 119 Å². The standard InChI is InChI=1S/C26H17N3O5/c27-16-21(20-5-3-6-23(14-20)29(32)33)15-25-24-7-2-1-4-19(24)10-13-26(25)34-17-18-8-11-22(12-9-18)28(30)31/h1-15H,17H2/b21-15-. The maximum atomic E-state index is 11.2. The molecule has 0 heterocycles. The molecule has 4 aromatic rings. The van der Waals surface area contributed by atoms with E-state index in [2.05, 4.69) is 6.07 Å². The zero-order valence-electron chi connectivity index (χ0n) is 17.8.